The molecule has 2 rings (SSSR count). The van der Waals surface area contributed by atoms with Crippen molar-refractivity contribution >= 4 is 21.6 Å². The maximum Gasteiger partial charge on any atom is 0.418 e. The number of halogens is 3. The maximum atomic E-state index is 13.0. The molecule has 0 spiro atoms. The third kappa shape index (κ3) is 5.18. The zero-order valence-electron chi connectivity index (χ0n) is 14.3. The third-order valence-electron chi connectivity index (χ3n) is 4.18. The molecule has 0 aliphatic carbocycles. The molecule has 0 bridgehead atoms. The zero-order valence-corrected chi connectivity index (χ0v) is 15.1. The molecule has 10 heteroatoms. The van der Waals surface area contributed by atoms with Gasteiger partial charge in [0.2, 0.25) is 15.9 Å². The van der Waals surface area contributed by atoms with Crippen LogP contribution in [0, 0.1) is 5.92 Å². The van der Waals surface area contributed by atoms with Gasteiger partial charge in [0.15, 0.2) is 0 Å². The molecule has 1 N–H and O–H groups in total. The summed E-state index contributed by atoms with van der Waals surface area (Å²) in [4.78, 5) is 12.4. The highest BCUT2D eigenvalue weighted by Crippen LogP contribution is 2.35. The van der Waals surface area contributed by atoms with Gasteiger partial charge in [-0.2, -0.15) is 13.2 Å². The molecule has 6 nitrogen and oxygen atoms in total. The van der Waals surface area contributed by atoms with E-state index >= 15 is 0 Å². The topological polar surface area (TPSA) is 75.7 Å². The lowest BCUT2D eigenvalue weighted by Gasteiger charge is -2.31. The van der Waals surface area contributed by atoms with Crippen LogP contribution in [0.25, 0.3) is 0 Å². The number of sulfonamides is 1. The van der Waals surface area contributed by atoms with Crippen LogP contribution in [0.2, 0.25) is 0 Å². The molecule has 26 heavy (non-hydrogen) atoms. The Morgan fingerprint density at radius 2 is 2.04 bits per heavy atom. The minimum absolute atomic E-state index is 0.0364. The summed E-state index contributed by atoms with van der Waals surface area (Å²) in [7, 11) is -2.18. The second kappa shape index (κ2) is 8.36. The predicted molar refractivity (Wildman–Crippen MR) is 90.0 cm³/mol. The van der Waals surface area contributed by atoms with Crippen molar-refractivity contribution in [1.29, 1.82) is 0 Å². The van der Waals surface area contributed by atoms with Crippen molar-refractivity contribution in [2.45, 2.75) is 19.0 Å². The van der Waals surface area contributed by atoms with E-state index in [1.165, 1.54) is 29.6 Å². The molecule has 1 aromatic carbocycles. The van der Waals surface area contributed by atoms with Gasteiger partial charge in [0.1, 0.15) is 0 Å². The molecule has 1 saturated heterocycles. The normalized spacial score (nSPS) is 19.3. The fourth-order valence-corrected chi connectivity index (χ4v) is 4.25. The predicted octanol–water partition coefficient (Wildman–Crippen LogP) is 2.33. The molecule has 1 atom stereocenters. The summed E-state index contributed by atoms with van der Waals surface area (Å²) >= 11 is 0. The number of benzene rings is 1. The smallest absolute Gasteiger partial charge is 0.384 e. The lowest BCUT2D eigenvalue weighted by molar-refractivity contribution is -0.137. The molecular weight excluding hydrogens is 373 g/mol. The van der Waals surface area contributed by atoms with Gasteiger partial charge < -0.3 is 10.1 Å². The van der Waals surface area contributed by atoms with Gasteiger partial charge in [0, 0.05) is 20.2 Å². The van der Waals surface area contributed by atoms with Gasteiger partial charge in [0.25, 0.3) is 0 Å². The summed E-state index contributed by atoms with van der Waals surface area (Å²) in [6.45, 7) is 0.273. The minimum Gasteiger partial charge on any atom is -0.384 e. The highest BCUT2D eigenvalue weighted by Gasteiger charge is 2.35. The quantitative estimate of drug-likeness (QED) is 0.804. The Labute approximate surface area is 150 Å². The number of nitrogens with one attached hydrogen (secondary N) is 1. The van der Waals surface area contributed by atoms with Gasteiger partial charge in [-0.3, -0.25) is 4.79 Å². The fourth-order valence-electron chi connectivity index (χ4n) is 2.80. The van der Waals surface area contributed by atoms with E-state index in [9.17, 15) is 26.4 Å². The van der Waals surface area contributed by atoms with E-state index in [0.29, 0.717) is 12.8 Å². The molecule has 0 saturated carbocycles. The Balaban J connectivity index is 2.09. The SMILES string of the molecule is COCCS(=O)(=O)N1CCCC(C(=O)Nc2ccccc2C(F)(F)F)C1. The van der Waals surface area contributed by atoms with E-state index in [4.69, 9.17) is 4.74 Å². The van der Waals surface area contributed by atoms with Crippen LogP contribution in [0.4, 0.5) is 18.9 Å². The molecular formula is C16H21F3N2O4S. The van der Waals surface area contributed by atoms with E-state index in [-0.39, 0.29) is 31.1 Å². The van der Waals surface area contributed by atoms with Gasteiger partial charge in [-0.25, -0.2) is 12.7 Å². The van der Waals surface area contributed by atoms with Crippen molar-refractivity contribution < 1.29 is 31.1 Å². The van der Waals surface area contributed by atoms with Gasteiger partial charge in [-0.1, -0.05) is 12.1 Å². The summed E-state index contributed by atoms with van der Waals surface area (Å²) in [5, 5.41) is 2.30. The van der Waals surface area contributed by atoms with E-state index < -0.39 is 33.6 Å². The van der Waals surface area contributed by atoms with Crippen LogP contribution >= 0.6 is 0 Å². The highest BCUT2D eigenvalue weighted by atomic mass is 32.2. The number of piperidine rings is 1. The van der Waals surface area contributed by atoms with Crippen LogP contribution in [-0.4, -0.2) is 51.2 Å². The Hall–Kier alpha value is -1.65. The van der Waals surface area contributed by atoms with Crippen molar-refractivity contribution in [2.24, 2.45) is 5.92 Å². The Kier molecular flexibility index (Phi) is 6.64. The number of alkyl halides is 3. The van der Waals surface area contributed by atoms with Crippen molar-refractivity contribution in [2.75, 3.05) is 37.9 Å². The maximum absolute atomic E-state index is 13.0. The van der Waals surface area contributed by atoms with E-state index in [1.807, 2.05) is 0 Å². The van der Waals surface area contributed by atoms with E-state index in [2.05, 4.69) is 5.32 Å². The van der Waals surface area contributed by atoms with Gasteiger partial charge in [-0.15, -0.1) is 0 Å². The minimum atomic E-state index is -4.59. The summed E-state index contributed by atoms with van der Waals surface area (Å²) in [5.41, 5.74) is -1.27. The largest absolute Gasteiger partial charge is 0.418 e. The molecule has 1 fully saturated rings. The van der Waals surface area contributed by atoms with E-state index in [1.54, 1.807) is 0 Å². The molecule has 1 aliphatic rings. The molecule has 1 aromatic rings. The highest BCUT2D eigenvalue weighted by molar-refractivity contribution is 7.89. The first kappa shape index (κ1) is 20.7. The summed E-state index contributed by atoms with van der Waals surface area (Å²) < 4.78 is 69.5. The zero-order chi connectivity index (χ0) is 19.4. The second-order valence-corrected chi connectivity index (χ2v) is 8.13. The summed E-state index contributed by atoms with van der Waals surface area (Å²) in [6, 6.07) is 4.70. The van der Waals surface area contributed by atoms with Crippen LogP contribution in [-0.2, 0) is 25.7 Å². The van der Waals surface area contributed by atoms with Crippen LogP contribution in [0.5, 0.6) is 0 Å². The number of anilines is 1. The van der Waals surface area contributed by atoms with Crippen LogP contribution in [0.1, 0.15) is 18.4 Å². The summed E-state index contributed by atoms with van der Waals surface area (Å²) in [6.07, 6.45) is -3.71. The number of amides is 1. The number of hydrogen-bond acceptors (Lipinski definition) is 4. The number of methoxy groups -OCH3 is 1. The van der Waals surface area contributed by atoms with Crippen molar-refractivity contribution in [1.82, 2.24) is 4.31 Å². The third-order valence-corrected chi connectivity index (χ3v) is 5.99. The molecule has 1 heterocycles. The van der Waals surface area contributed by atoms with Crippen LogP contribution < -0.4 is 5.32 Å². The number of rotatable bonds is 6. The van der Waals surface area contributed by atoms with Gasteiger partial charge in [0.05, 0.1) is 29.5 Å². The van der Waals surface area contributed by atoms with Crippen molar-refractivity contribution in [3.05, 3.63) is 29.8 Å². The Morgan fingerprint density at radius 1 is 1.35 bits per heavy atom. The molecule has 0 aromatic heterocycles. The number of para-hydroxylation sites is 1. The average Bonchev–Trinajstić information content (AvgIpc) is 2.59. The molecule has 0 radical (unpaired) electrons. The van der Waals surface area contributed by atoms with Crippen LogP contribution in [0.3, 0.4) is 0 Å². The number of ether oxygens (including phenoxy) is 1. The number of carbonyl (C=O) groups is 1. The standard InChI is InChI=1S/C16H21F3N2O4S/c1-25-9-10-26(23,24)21-8-4-5-12(11-21)15(22)20-14-7-3-2-6-13(14)16(17,18)19/h2-3,6-7,12H,4-5,8-11H2,1H3,(H,20,22). The number of nitrogens with zero attached hydrogens (tertiary/aromatic N) is 1. The van der Waals surface area contributed by atoms with E-state index in [0.717, 1.165) is 6.07 Å². The van der Waals surface area contributed by atoms with Crippen LogP contribution in [0.15, 0.2) is 24.3 Å². The molecule has 1 amide bonds. The van der Waals surface area contributed by atoms with Gasteiger partial charge in [-0.05, 0) is 25.0 Å². The average molecular weight is 394 g/mol. The lowest BCUT2D eigenvalue weighted by Crippen LogP contribution is -2.45. The first-order valence-corrected chi connectivity index (χ1v) is 9.70. The van der Waals surface area contributed by atoms with Gasteiger partial charge >= 0.3 is 6.18 Å². The Bertz CT molecular complexity index is 737. The molecule has 1 aliphatic heterocycles. The summed E-state index contributed by atoms with van der Waals surface area (Å²) in [5.74, 6) is -1.52. The lowest BCUT2D eigenvalue weighted by atomic mass is 9.98. The fraction of sp³-hybridized carbons (Fsp3) is 0.562. The number of carbonyl (C=O) groups excluding carboxylic acids is 1. The monoisotopic (exact) mass is 394 g/mol. The van der Waals surface area contributed by atoms with Crippen molar-refractivity contribution in [3.8, 4) is 0 Å². The second-order valence-electron chi connectivity index (χ2n) is 6.04. The number of hydrogen-bond donors (Lipinski definition) is 1. The van der Waals surface area contributed by atoms with Crippen molar-refractivity contribution in [3.63, 3.8) is 0 Å². The Morgan fingerprint density at radius 3 is 2.69 bits per heavy atom. The molecule has 146 valence electrons. The first-order valence-electron chi connectivity index (χ1n) is 8.09. The first-order chi connectivity index (χ1) is 12.1. The molecule has 1 unspecified atom stereocenters.